The molecule has 1 fully saturated rings. The van der Waals surface area contributed by atoms with E-state index in [2.05, 4.69) is 15.6 Å². The second-order valence-corrected chi connectivity index (χ2v) is 8.54. The number of methoxy groups -OCH3 is 2. The fraction of sp³-hybridized carbons (Fsp3) is 0.143. The number of imide groups is 1. The molecule has 1 aliphatic heterocycles. The maximum Gasteiger partial charge on any atom is 0.328 e. The molecule has 0 saturated carbocycles. The minimum absolute atomic E-state index is 0.161. The molecular weight excluding hydrogens is 507 g/mol. The Kier molecular flexibility index (Phi) is 6.96. The number of carbonyl (C=O) groups is 3. The highest BCUT2D eigenvalue weighted by Gasteiger charge is 2.39. The average Bonchev–Trinajstić information content (AvgIpc) is 2.94. The van der Waals surface area contributed by atoms with Gasteiger partial charge in [0.15, 0.2) is 11.5 Å². The number of aromatic nitrogens is 1. The van der Waals surface area contributed by atoms with Crippen LogP contribution in [0.25, 0.3) is 10.9 Å². The van der Waals surface area contributed by atoms with Gasteiger partial charge in [0, 0.05) is 29.9 Å². The van der Waals surface area contributed by atoms with Crippen molar-refractivity contribution in [3.63, 3.8) is 0 Å². The largest absolute Gasteiger partial charge is 0.493 e. The summed E-state index contributed by atoms with van der Waals surface area (Å²) in [5, 5.41) is 5.94. The van der Waals surface area contributed by atoms with Gasteiger partial charge in [0.25, 0.3) is 0 Å². The Balaban J connectivity index is 1.29. The van der Waals surface area contributed by atoms with Gasteiger partial charge >= 0.3 is 6.03 Å². The molecule has 0 radical (unpaired) electrons. The van der Waals surface area contributed by atoms with Gasteiger partial charge in [-0.15, -0.1) is 0 Å². The highest BCUT2D eigenvalue weighted by molar-refractivity contribution is 6.23. The normalized spacial score (nSPS) is 15.1. The van der Waals surface area contributed by atoms with Crippen LogP contribution in [-0.2, 0) is 9.59 Å². The van der Waals surface area contributed by atoms with Crippen LogP contribution in [0.5, 0.6) is 23.0 Å². The Morgan fingerprint density at radius 3 is 2.36 bits per heavy atom. The molecular formula is C28H23FN4O6. The zero-order valence-corrected chi connectivity index (χ0v) is 20.9. The van der Waals surface area contributed by atoms with Crippen LogP contribution in [-0.4, -0.2) is 43.6 Å². The lowest BCUT2D eigenvalue weighted by atomic mass is 10.0. The molecule has 11 heteroatoms. The van der Waals surface area contributed by atoms with Crippen molar-refractivity contribution < 1.29 is 33.0 Å². The number of amides is 4. The molecule has 5 rings (SSSR count). The summed E-state index contributed by atoms with van der Waals surface area (Å²) in [6.07, 6.45) is 1.62. The van der Waals surface area contributed by atoms with Crippen LogP contribution in [0.15, 0.2) is 72.9 Å². The smallest absolute Gasteiger partial charge is 0.328 e. The highest BCUT2D eigenvalue weighted by Crippen LogP contribution is 2.37. The first-order valence-electron chi connectivity index (χ1n) is 11.8. The third-order valence-electron chi connectivity index (χ3n) is 6.14. The first-order valence-corrected chi connectivity index (χ1v) is 11.8. The summed E-state index contributed by atoms with van der Waals surface area (Å²) in [7, 11) is 3.09. The average molecular weight is 531 g/mol. The van der Waals surface area contributed by atoms with E-state index in [0.717, 1.165) is 22.4 Å². The molecule has 1 atom stereocenters. The van der Waals surface area contributed by atoms with E-state index in [-0.39, 0.29) is 12.2 Å². The van der Waals surface area contributed by atoms with Gasteiger partial charge in [-0.1, -0.05) is 0 Å². The molecule has 0 aliphatic carbocycles. The number of pyridine rings is 1. The highest BCUT2D eigenvalue weighted by atomic mass is 19.1. The summed E-state index contributed by atoms with van der Waals surface area (Å²) in [6.45, 7) is -0.161. The predicted octanol–water partition coefficient (Wildman–Crippen LogP) is 4.49. The van der Waals surface area contributed by atoms with Gasteiger partial charge in [0.05, 0.1) is 25.4 Å². The third-order valence-corrected chi connectivity index (χ3v) is 6.14. The summed E-state index contributed by atoms with van der Waals surface area (Å²) in [5.74, 6) is -0.859. The molecule has 0 bridgehead atoms. The van der Waals surface area contributed by atoms with Crippen molar-refractivity contribution in [3.8, 4) is 23.0 Å². The van der Waals surface area contributed by atoms with Crippen LogP contribution in [0, 0.1) is 11.7 Å². The molecule has 1 aromatic heterocycles. The summed E-state index contributed by atoms with van der Waals surface area (Å²) in [6, 6.07) is 16.0. The summed E-state index contributed by atoms with van der Waals surface area (Å²) in [4.78, 5) is 43.4. The molecule has 3 aromatic carbocycles. The van der Waals surface area contributed by atoms with Gasteiger partial charge in [-0.25, -0.2) is 14.1 Å². The number of benzene rings is 3. The van der Waals surface area contributed by atoms with Crippen LogP contribution < -0.4 is 29.7 Å². The SMILES string of the molecule is COc1cc2nccc(Oc3ccc(NC(=O)C4CNC(=O)N(c5ccc(F)cc5)C4=O)cc3)c2cc1OC. The van der Waals surface area contributed by atoms with Crippen molar-refractivity contribution in [2.75, 3.05) is 31.0 Å². The zero-order chi connectivity index (χ0) is 27.5. The van der Waals surface area contributed by atoms with E-state index in [0.29, 0.717) is 34.2 Å². The van der Waals surface area contributed by atoms with Gasteiger partial charge in [0.2, 0.25) is 11.8 Å². The fourth-order valence-corrected chi connectivity index (χ4v) is 4.15. The van der Waals surface area contributed by atoms with Crippen LogP contribution in [0.2, 0.25) is 0 Å². The zero-order valence-electron chi connectivity index (χ0n) is 20.9. The number of rotatable bonds is 7. The topological polar surface area (TPSA) is 119 Å². The van der Waals surface area contributed by atoms with Crippen LogP contribution in [0.4, 0.5) is 20.6 Å². The number of fused-ring (bicyclic) bond motifs is 1. The molecule has 4 amide bonds. The maximum atomic E-state index is 13.3. The molecule has 10 nitrogen and oxygen atoms in total. The lowest BCUT2D eigenvalue weighted by Gasteiger charge is -2.30. The number of carbonyl (C=O) groups excluding carboxylic acids is 3. The number of urea groups is 1. The Hall–Kier alpha value is -5.19. The predicted molar refractivity (Wildman–Crippen MR) is 141 cm³/mol. The number of nitrogens with zero attached hydrogens (tertiary/aromatic N) is 2. The Bertz CT molecular complexity index is 1560. The van der Waals surface area contributed by atoms with Crippen LogP contribution >= 0.6 is 0 Å². The second kappa shape index (κ2) is 10.7. The summed E-state index contributed by atoms with van der Waals surface area (Å²) < 4.78 is 30.1. The van der Waals surface area contributed by atoms with Crippen molar-refractivity contribution in [2.24, 2.45) is 5.92 Å². The minimum Gasteiger partial charge on any atom is -0.493 e. The van der Waals surface area contributed by atoms with E-state index >= 15 is 0 Å². The Morgan fingerprint density at radius 2 is 1.67 bits per heavy atom. The lowest BCUT2D eigenvalue weighted by molar-refractivity contribution is -0.130. The lowest BCUT2D eigenvalue weighted by Crippen LogP contribution is -2.58. The summed E-state index contributed by atoms with van der Waals surface area (Å²) >= 11 is 0. The van der Waals surface area contributed by atoms with E-state index in [1.165, 1.54) is 12.1 Å². The number of halogens is 1. The maximum absolute atomic E-state index is 13.3. The summed E-state index contributed by atoms with van der Waals surface area (Å²) in [5.41, 5.74) is 1.25. The number of hydrogen-bond acceptors (Lipinski definition) is 7. The molecule has 2 heterocycles. The van der Waals surface area contributed by atoms with E-state index in [1.54, 1.807) is 62.9 Å². The molecule has 1 unspecified atom stereocenters. The molecule has 0 spiro atoms. The van der Waals surface area contributed by atoms with E-state index in [9.17, 15) is 18.8 Å². The Labute approximate surface area is 222 Å². The molecule has 39 heavy (non-hydrogen) atoms. The standard InChI is InChI=1S/C28H23FN4O6/c1-37-24-13-20-22(14-25(24)38-2)30-12-11-23(20)39-19-9-5-17(6-10-19)32-26(34)21-15-31-28(36)33(27(21)35)18-7-3-16(29)4-8-18/h3-14,21H,15H2,1-2H3,(H,31,36)(H,32,34). The van der Waals surface area contributed by atoms with Gasteiger partial charge in [-0.3, -0.25) is 14.6 Å². The van der Waals surface area contributed by atoms with E-state index < -0.39 is 29.6 Å². The van der Waals surface area contributed by atoms with E-state index in [1.807, 2.05) is 0 Å². The number of ether oxygens (including phenoxy) is 3. The monoisotopic (exact) mass is 530 g/mol. The molecule has 198 valence electrons. The molecule has 4 aromatic rings. The third kappa shape index (κ3) is 5.14. The van der Waals surface area contributed by atoms with Crippen molar-refractivity contribution in [1.29, 1.82) is 0 Å². The van der Waals surface area contributed by atoms with Crippen LogP contribution in [0.1, 0.15) is 0 Å². The Morgan fingerprint density at radius 1 is 0.974 bits per heavy atom. The number of nitrogens with one attached hydrogen (secondary N) is 2. The van der Waals surface area contributed by atoms with Crippen molar-refractivity contribution in [3.05, 3.63) is 78.7 Å². The molecule has 1 aliphatic rings. The number of hydrogen-bond donors (Lipinski definition) is 2. The fourth-order valence-electron chi connectivity index (χ4n) is 4.15. The van der Waals surface area contributed by atoms with Crippen molar-refractivity contribution in [2.45, 2.75) is 0 Å². The van der Waals surface area contributed by atoms with Gasteiger partial charge in [-0.05, 0) is 60.7 Å². The second-order valence-electron chi connectivity index (χ2n) is 8.54. The van der Waals surface area contributed by atoms with E-state index in [4.69, 9.17) is 14.2 Å². The first kappa shape index (κ1) is 25.5. The quantitative estimate of drug-likeness (QED) is 0.338. The molecule has 1 saturated heterocycles. The first-order chi connectivity index (χ1) is 18.9. The molecule has 2 N–H and O–H groups in total. The minimum atomic E-state index is -1.17. The van der Waals surface area contributed by atoms with Crippen molar-refractivity contribution >= 4 is 40.1 Å². The number of anilines is 2. The van der Waals surface area contributed by atoms with Crippen molar-refractivity contribution in [1.82, 2.24) is 10.3 Å². The van der Waals surface area contributed by atoms with Gasteiger partial charge in [-0.2, -0.15) is 0 Å². The van der Waals surface area contributed by atoms with Gasteiger partial charge < -0.3 is 24.8 Å². The van der Waals surface area contributed by atoms with Gasteiger partial charge in [0.1, 0.15) is 23.2 Å². The van der Waals surface area contributed by atoms with Crippen LogP contribution in [0.3, 0.4) is 0 Å².